The molecular weight excluding hydrogens is 583 g/mol. The molecule has 0 N–H and O–H groups in total. The number of rotatable bonds is 5. The number of hydrogen-bond acceptors (Lipinski definition) is 5. The van der Waals surface area contributed by atoms with Crippen LogP contribution in [0.15, 0.2) is 62.8 Å². The normalized spacial score (nSPS) is 18.7. The topological polar surface area (TPSA) is 91.8 Å². The summed E-state index contributed by atoms with van der Waals surface area (Å²) in [7, 11) is -7.34. The first-order valence-electron chi connectivity index (χ1n) is 10.7. The maximum absolute atomic E-state index is 15.5. The molecule has 0 aromatic heterocycles. The summed E-state index contributed by atoms with van der Waals surface area (Å²) < 4.78 is 67.2. The second-order valence-electron chi connectivity index (χ2n) is 8.76. The Labute approximate surface area is 217 Å². The molecule has 2 aromatic carbocycles. The lowest BCUT2D eigenvalue weighted by Crippen LogP contribution is -2.57. The minimum absolute atomic E-state index is 0.0461. The van der Waals surface area contributed by atoms with E-state index in [1.54, 1.807) is 36.4 Å². The highest BCUT2D eigenvalue weighted by Gasteiger charge is 2.48. The van der Waals surface area contributed by atoms with Gasteiger partial charge in [0.15, 0.2) is 15.5 Å². The quantitative estimate of drug-likeness (QED) is 0.513. The molecule has 188 valence electrons. The predicted octanol–water partition coefficient (Wildman–Crippen LogP) is 4.03. The van der Waals surface area contributed by atoms with Crippen molar-refractivity contribution in [3.05, 3.63) is 62.9 Å². The Morgan fingerprint density at radius 1 is 1.06 bits per heavy atom. The van der Waals surface area contributed by atoms with E-state index in [0.717, 1.165) is 11.7 Å². The molecule has 35 heavy (non-hydrogen) atoms. The largest absolute Gasteiger partial charge is 0.332 e. The molecule has 12 heteroatoms. The van der Waals surface area contributed by atoms with E-state index in [2.05, 4.69) is 15.9 Å². The number of carbonyl (C=O) groups is 1. The van der Waals surface area contributed by atoms with E-state index < -0.39 is 31.4 Å². The van der Waals surface area contributed by atoms with E-state index in [4.69, 9.17) is 11.6 Å². The molecule has 0 bridgehead atoms. The molecule has 4 rings (SSSR count). The average molecular weight is 606 g/mol. The smallest absolute Gasteiger partial charge is 0.260 e. The fourth-order valence-corrected chi connectivity index (χ4v) is 7.28. The maximum Gasteiger partial charge on any atom is 0.260 e. The maximum atomic E-state index is 15.5. The van der Waals surface area contributed by atoms with Gasteiger partial charge in [-0.25, -0.2) is 21.2 Å². The van der Waals surface area contributed by atoms with Crippen molar-refractivity contribution in [2.75, 3.05) is 32.4 Å². The molecule has 2 aliphatic rings. The average Bonchev–Trinajstić information content (AvgIpc) is 2.75. The Balaban J connectivity index is 1.52. The van der Waals surface area contributed by atoms with E-state index in [1.807, 2.05) is 0 Å². The van der Waals surface area contributed by atoms with Crippen molar-refractivity contribution in [1.29, 1.82) is 0 Å². The van der Waals surface area contributed by atoms with E-state index in [1.165, 1.54) is 15.3 Å². The molecule has 2 heterocycles. The van der Waals surface area contributed by atoms with Gasteiger partial charge in [-0.1, -0.05) is 45.7 Å². The van der Waals surface area contributed by atoms with Crippen LogP contribution in [0.5, 0.6) is 0 Å². The van der Waals surface area contributed by atoms with Crippen LogP contribution in [-0.4, -0.2) is 70.1 Å². The molecule has 0 unspecified atom stereocenters. The molecule has 2 aliphatic heterocycles. The van der Waals surface area contributed by atoms with Gasteiger partial charge in [-0.05, 0) is 29.8 Å². The number of sulfonamides is 1. The summed E-state index contributed by atoms with van der Waals surface area (Å²) in [4.78, 5) is 14.0. The van der Waals surface area contributed by atoms with Crippen LogP contribution in [-0.2, 0) is 24.7 Å². The summed E-state index contributed by atoms with van der Waals surface area (Å²) in [5.41, 5.74) is -0.694. The zero-order valence-corrected chi connectivity index (χ0v) is 22.7. The van der Waals surface area contributed by atoms with Gasteiger partial charge >= 0.3 is 0 Å². The summed E-state index contributed by atoms with van der Waals surface area (Å²) in [5, 5.41) is 1.49. The highest BCUT2D eigenvalue weighted by molar-refractivity contribution is 9.10. The molecule has 1 amide bonds. The third-order valence-corrected chi connectivity index (χ3v) is 9.62. The third kappa shape index (κ3) is 5.48. The van der Waals surface area contributed by atoms with Gasteiger partial charge < -0.3 is 4.90 Å². The molecule has 2 aromatic rings. The zero-order valence-electron chi connectivity index (χ0n) is 18.7. The van der Waals surface area contributed by atoms with Gasteiger partial charge in [-0.15, -0.1) is 0 Å². The molecule has 7 nitrogen and oxygen atoms in total. The number of carbonyl (C=O) groups excluding carboxylic acids is 1. The number of piperidine rings is 1. The lowest BCUT2D eigenvalue weighted by atomic mass is 9.91. The molecule has 0 atom stereocenters. The monoisotopic (exact) mass is 604 g/mol. The Morgan fingerprint density at radius 3 is 2.29 bits per heavy atom. The van der Waals surface area contributed by atoms with Crippen molar-refractivity contribution < 1.29 is 26.0 Å². The van der Waals surface area contributed by atoms with E-state index in [9.17, 15) is 21.6 Å². The van der Waals surface area contributed by atoms with Crippen molar-refractivity contribution in [1.82, 2.24) is 9.21 Å². The molecule has 0 saturated carbocycles. The summed E-state index contributed by atoms with van der Waals surface area (Å²) in [6.45, 7) is -0.218. The molecule has 0 spiro atoms. The Bertz CT molecular complexity index is 1410. The molecule has 2 saturated heterocycles. The van der Waals surface area contributed by atoms with E-state index >= 15 is 4.39 Å². The molecule has 0 radical (unpaired) electrons. The number of amides is 1. The van der Waals surface area contributed by atoms with Gasteiger partial charge in [0, 0.05) is 71.3 Å². The fourth-order valence-electron chi connectivity index (χ4n) is 4.30. The summed E-state index contributed by atoms with van der Waals surface area (Å²) in [6.07, 6.45) is 0.481. The number of alkyl halides is 1. The second kappa shape index (κ2) is 9.59. The van der Waals surface area contributed by atoms with Gasteiger partial charge in [0.2, 0.25) is 10.0 Å². The van der Waals surface area contributed by atoms with Crippen LogP contribution in [0.4, 0.5) is 4.39 Å². The van der Waals surface area contributed by atoms with Crippen molar-refractivity contribution in [2.24, 2.45) is 0 Å². The number of nitrogens with zero attached hydrogens (tertiary/aromatic N) is 2. The summed E-state index contributed by atoms with van der Waals surface area (Å²) in [6, 6.07) is 11.7. The first-order chi connectivity index (χ1) is 16.3. The number of sulfone groups is 1. The number of hydrogen-bond donors (Lipinski definition) is 0. The minimum Gasteiger partial charge on any atom is -0.332 e. The number of likely N-dealkylation sites (tertiary alicyclic amines) is 1. The van der Waals surface area contributed by atoms with Crippen LogP contribution in [0.3, 0.4) is 0 Å². The lowest BCUT2D eigenvalue weighted by molar-refractivity contribution is -0.148. The van der Waals surface area contributed by atoms with Gasteiger partial charge in [-0.3, -0.25) is 4.79 Å². The second-order valence-corrected chi connectivity index (χ2v) is 13.9. The molecule has 2 fully saturated rings. The highest BCUT2D eigenvalue weighted by Crippen LogP contribution is 2.38. The molecule has 0 aliphatic carbocycles. The van der Waals surface area contributed by atoms with Gasteiger partial charge in [-0.2, -0.15) is 4.31 Å². The first kappa shape index (κ1) is 26.3. The fraction of sp³-hybridized carbons (Fsp3) is 0.348. The number of halogens is 3. The molecular formula is C23H23BrClFN2O5S2. The van der Waals surface area contributed by atoms with Crippen LogP contribution in [0.25, 0.3) is 11.1 Å². The van der Waals surface area contributed by atoms with E-state index in [-0.39, 0.29) is 43.9 Å². The Morgan fingerprint density at radius 2 is 1.69 bits per heavy atom. The third-order valence-electron chi connectivity index (χ3n) is 6.08. The Kier molecular flexibility index (Phi) is 7.20. The standard InChI is InChI=1S/C23H23BrClFN2O5S2/c1-34(30,31)15-16-13-27(14-16)22(29)23(26)8-10-28(11-9-23)35(32,33)21-7-6-17(24)12-19(21)18-4-2-3-5-20(18)25/h2-7,12,15H,8-11,13-14H2,1H3. The van der Waals surface area contributed by atoms with Gasteiger partial charge in [0.1, 0.15) is 0 Å². The van der Waals surface area contributed by atoms with E-state index in [0.29, 0.717) is 26.2 Å². The van der Waals surface area contributed by atoms with Gasteiger partial charge in [0.25, 0.3) is 5.91 Å². The van der Waals surface area contributed by atoms with Crippen LogP contribution in [0.1, 0.15) is 12.8 Å². The van der Waals surface area contributed by atoms with Crippen LogP contribution < -0.4 is 0 Å². The van der Waals surface area contributed by atoms with Crippen molar-refractivity contribution in [2.45, 2.75) is 23.4 Å². The van der Waals surface area contributed by atoms with Gasteiger partial charge in [0.05, 0.1) is 4.90 Å². The summed E-state index contributed by atoms with van der Waals surface area (Å²) >= 11 is 9.71. The Hall–Kier alpha value is -1.79. The SMILES string of the molecule is CS(=O)(=O)C=C1CN(C(=O)C2(F)CCN(S(=O)(=O)c3ccc(Br)cc3-c3ccccc3Cl)CC2)C1. The first-order valence-corrected chi connectivity index (χ1v) is 15.3. The summed E-state index contributed by atoms with van der Waals surface area (Å²) in [5.74, 6) is -0.736. The van der Waals surface area contributed by atoms with Crippen molar-refractivity contribution >= 4 is 53.3 Å². The van der Waals surface area contributed by atoms with Crippen LogP contribution >= 0.6 is 27.5 Å². The predicted molar refractivity (Wildman–Crippen MR) is 136 cm³/mol. The van der Waals surface area contributed by atoms with Crippen molar-refractivity contribution in [3.8, 4) is 11.1 Å². The minimum atomic E-state index is -4.00. The lowest BCUT2D eigenvalue weighted by Gasteiger charge is -2.41. The van der Waals surface area contributed by atoms with Crippen LogP contribution in [0.2, 0.25) is 5.02 Å². The highest BCUT2D eigenvalue weighted by atomic mass is 79.9. The number of benzene rings is 2. The van der Waals surface area contributed by atoms with Crippen LogP contribution in [0, 0.1) is 0 Å². The zero-order chi connectivity index (χ0) is 25.6. The van der Waals surface area contributed by atoms with Crippen molar-refractivity contribution in [3.63, 3.8) is 0 Å².